The molecular formula is C20H27FN4O. The Morgan fingerprint density at radius 3 is 2.77 bits per heavy atom. The van der Waals surface area contributed by atoms with E-state index in [1.165, 1.54) is 31.4 Å². The van der Waals surface area contributed by atoms with Crippen LogP contribution in [0.15, 0.2) is 36.7 Å². The number of likely N-dealkylation sites (tertiary alicyclic amines) is 2. The third-order valence-corrected chi connectivity index (χ3v) is 5.49. The van der Waals surface area contributed by atoms with Crippen LogP contribution in [0.1, 0.15) is 31.2 Å². The summed E-state index contributed by atoms with van der Waals surface area (Å²) in [5.74, 6) is -0.262. The Morgan fingerprint density at radius 1 is 1.12 bits per heavy atom. The van der Waals surface area contributed by atoms with Crippen LogP contribution in [-0.4, -0.2) is 63.0 Å². The average molecular weight is 358 g/mol. The Labute approximate surface area is 154 Å². The lowest BCUT2D eigenvalue weighted by atomic mass is 10.0. The summed E-state index contributed by atoms with van der Waals surface area (Å²) in [6, 6.07) is 6.44. The second-order valence-corrected chi connectivity index (χ2v) is 7.79. The fourth-order valence-corrected chi connectivity index (χ4v) is 4.20. The number of piperidine rings is 1. The van der Waals surface area contributed by atoms with Gasteiger partial charge in [-0.05, 0) is 50.6 Å². The fourth-order valence-electron chi connectivity index (χ4n) is 4.20. The number of benzene rings is 1. The summed E-state index contributed by atoms with van der Waals surface area (Å²) < 4.78 is 15.1. The highest BCUT2D eigenvalue weighted by atomic mass is 19.1. The zero-order valence-corrected chi connectivity index (χ0v) is 15.1. The van der Waals surface area contributed by atoms with E-state index in [1.807, 2.05) is 18.5 Å². The van der Waals surface area contributed by atoms with Crippen LogP contribution in [0.5, 0.6) is 0 Å². The van der Waals surface area contributed by atoms with Crippen molar-refractivity contribution in [2.75, 3.05) is 32.7 Å². The zero-order chi connectivity index (χ0) is 18.0. The lowest BCUT2D eigenvalue weighted by Gasteiger charge is -2.33. The number of rotatable bonds is 5. The van der Waals surface area contributed by atoms with Crippen LogP contribution in [0.4, 0.5) is 4.39 Å². The third-order valence-electron chi connectivity index (χ3n) is 5.49. The highest BCUT2D eigenvalue weighted by Gasteiger charge is 2.37. The van der Waals surface area contributed by atoms with Crippen molar-refractivity contribution in [3.05, 3.63) is 48.0 Å². The normalized spacial score (nSPS) is 25.0. The minimum atomic E-state index is -0.601. The quantitative estimate of drug-likeness (QED) is 0.892. The summed E-state index contributed by atoms with van der Waals surface area (Å²) in [4.78, 5) is 4.70. The third kappa shape index (κ3) is 4.14. The fraction of sp³-hybridized carbons (Fsp3) is 0.550. The van der Waals surface area contributed by atoms with Gasteiger partial charge in [0.05, 0.1) is 17.5 Å². The highest BCUT2D eigenvalue weighted by molar-refractivity contribution is 5.31. The van der Waals surface area contributed by atoms with Gasteiger partial charge in [-0.15, -0.1) is 0 Å². The number of β-amino-alcohol motifs (C(OH)–C–C–N with tert-alkyl or cyclic N) is 1. The van der Waals surface area contributed by atoms with E-state index in [0.717, 1.165) is 50.4 Å². The van der Waals surface area contributed by atoms with Crippen molar-refractivity contribution in [1.29, 1.82) is 0 Å². The van der Waals surface area contributed by atoms with Crippen molar-refractivity contribution in [3.8, 4) is 5.69 Å². The first kappa shape index (κ1) is 17.6. The van der Waals surface area contributed by atoms with Gasteiger partial charge < -0.3 is 10.0 Å². The van der Waals surface area contributed by atoms with E-state index < -0.39 is 5.60 Å². The average Bonchev–Trinajstić information content (AvgIpc) is 3.23. The first-order valence-corrected chi connectivity index (χ1v) is 9.56. The monoisotopic (exact) mass is 358 g/mol. The van der Waals surface area contributed by atoms with Gasteiger partial charge in [-0.25, -0.2) is 9.07 Å². The molecule has 0 radical (unpaired) electrons. The van der Waals surface area contributed by atoms with Crippen LogP contribution in [-0.2, 0) is 6.54 Å². The second-order valence-electron chi connectivity index (χ2n) is 7.79. The van der Waals surface area contributed by atoms with Crippen LogP contribution in [0.3, 0.4) is 0 Å². The molecule has 140 valence electrons. The number of aliphatic hydroxyl groups is 1. The molecule has 0 spiro atoms. The molecule has 4 rings (SSSR count). The lowest BCUT2D eigenvalue weighted by Crippen LogP contribution is -2.46. The van der Waals surface area contributed by atoms with Crippen molar-refractivity contribution in [2.24, 2.45) is 0 Å². The van der Waals surface area contributed by atoms with Gasteiger partial charge in [-0.2, -0.15) is 5.10 Å². The summed E-state index contributed by atoms with van der Waals surface area (Å²) in [5.41, 5.74) is 1.20. The molecule has 1 aromatic carbocycles. The van der Waals surface area contributed by atoms with Crippen molar-refractivity contribution in [1.82, 2.24) is 19.6 Å². The summed E-state index contributed by atoms with van der Waals surface area (Å²) >= 11 is 0. The Morgan fingerprint density at radius 2 is 1.96 bits per heavy atom. The zero-order valence-electron chi connectivity index (χ0n) is 15.1. The van der Waals surface area contributed by atoms with Crippen molar-refractivity contribution < 1.29 is 9.50 Å². The summed E-state index contributed by atoms with van der Waals surface area (Å²) in [6.07, 6.45) is 8.40. The van der Waals surface area contributed by atoms with Crippen molar-refractivity contribution in [3.63, 3.8) is 0 Å². The predicted molar refractivity (Wildman–Crippen MR) is 98.7 cm³/mol. The summed E-state index contributed by atoms with van der Waals surface area (Å²) in [6.45, 7) is 5.37. The number of hydrogen-bond donors (Lipinski definition) is 1. The molecule has 5 nitrogen and oxygen atoms in total. The van der Waals surface area contributed by atoms with Gasteiger partial charge in [-0.1, -0.05) is 12.5 Å². The molecule has 2 aliphatic heterocycles. The van der Waals surface area contributed by atoms with Gasteiger partial charge in [0.2, 0.25) is 0 Å². The van der Waals surface area contributed by atoms with Crippen LogP contribution in [0.25, 0.3) is 5.69 Å². The maximum Gasteiger partial charge on any atom is 0.125 e. The van der Waals surface area contributed by atoms with E-state index in [9.17, 15) is 9.50 Å². The molecule has 0 bridgehead atoms. The molecular weight excluding hydrogens is 331 g/mol. The number of nitrogens with zero attached hydrogens (tertiary/aromatic N) is 4. The molecule has 1 atom stereocenters. The van der Waals surface area contributed by atoms with Crippen LogP contribution in [0.2, 0.25) is 0 Å². The molecule has 2 aliphatic rings. The molecule has 2 aromatic rings. The minimum Gasteiger partial charge on any atom is -0.387 e. The molecule has 0 aliphatic carbocycles. The molecule has 1 aromatic heterocycles. The molecule has 2 saturated heterocycles. The predicted octanol–water partition coefficient (Wildman–Crippen LogP) is 2.43. The Balaban J connectivity index is 1.35. The first-order valence-electron chi connectivity index (χ1n) is 9.56. The van der Waals surface area contributed by atoms with E-state index in [-0.39, 0.29) is 5.82 Å². The van der Waals surface area contributed by atoms with E-state index in [0.29, 0.717) is 6.54 Å². The van der Waals surface area contributed by atoms with Crippen molar-refractivity contribution >= 4 is 0 Å². The van der Waals surface area contributed by atoms with E-state index in [2.05, 4.69) is 14.9 Å². The van der Waals surface area contributed by atoms with Gasteiger partial charge in [0.15, 0.2) is 0 Å². The number of aromatic nitrogens is 2. The van der Waals surface area contributed by atoms with Crippen molar-refractivity contribution in [2.45, 2.75) is 37.8 Å². The molecule has 26 heavy (non-hydrogen) atoms. The Hall–Kier alpha value is -1.76. The molecule has 6 heteroatoms. The maximum atomic E-state index is 13.4. The summed E-state index contributed by atoms with van der Waals surface area (Å²) in [7, 11) is 0. The topological polar surface area (TPSA) is 44.5 Å². The maximum absolute atomic E-state index is 13.4. The van der Waals surface area contributed by atoms with E-state index in [4.69, 9.17) is 0 Å². The van der Waals surface area contributed by atoms with E-state index in [1.54, 1.807) is 10.7 Å². The van der Waals surface area contributed by atoms with E-state index >= 15 is 0 Å². The molecule has 0 saturated carbocycles. The van der Waals surface area contributed by atoms with Gasteiger partial charge in [0, 0.05) is 37.9 Å². The van der Waals surface area contributed by atoms with Gasteiger partial charge in [-0.3, -0.25) is 4.90 Å². The smallest absolute Gasteiger partial charge is 0.125 e. The van der Waals surface area contributed by atoms with Crippen LogP contribution < -0.4 is 0 Å². The highest BCUT2D eigenvalue weighted by Crippen LogP contribution is 2.25. The van der Waals surface area contributed by atoms with Gasteiger partial charge in [0.1, 0.15) is 5.82 Å². The SMILES string of the molecule is OC1(CN2CCCCC2)CCN(Cc2cnn(-c3cccc(F)c3)c2)C1. The number of halogens is 1. The first-order chi connectivity index (χ1) is 12.6. The Kier molecular flexibility index (Phi) is 5.07. The largest absolute Gasteiger partial charge is 0.387 e. The molecule has 1 N–H and O–H groups in total. The molecule has 3 heterocycles. The Bertz CT molecular complexity index is 743. The van der Waals surface area contributed by atoms with Crippen LogP contribution >= 0.6 is 0 Å². The molecule has 0 amide bonds. The molecule has 1 unspecified atom stereocenters. The van der Waals surface area contributed by atoms with Gasteiger partial charge >= 0.3 is 0 Å². The number of hydrogen-bond acceptors (Lipinski definition) is 4. The summed E-state index contributed by atoms with van der Waals surface area (Å²) in [5, 5.41) is 15.3. The van der Waals surface area contributed by atoms with Gasteiger partial charge in [0.25, 0.3) is 0 Å². The minimum absolute atomic E-state index is 0.262. The second kappa shape index (κ2) is 7.47. The molecule has 2 fully saturated rings. The van der Waals surface area contributed by atoms with Crippen LogP contribution in [0, 0.1) is 5.82 Å². The lowest BCUT2D eigenvalue weighted by molar-refractivity contribution is 0.00635. The standard InChI is InChI=1S/C20H27FN4O/c21-18-5-4-6-19(11-18)25-14-17(12-22-25)13-24-10-7-20(26,16-24)15-23-8-2-1-3-9-23/h4-6,11-12,14,26H,1-3,7-10,13,15-16H2.